The number of carbonyl (C=O) groups is 1. The number of benzene rings is 1. The number of aromatic nitrogens is 1. The van der Waals surface area contributed by atoms with E-state index in [0.29, 0.717) is 13.0 Å². The number of hydrogen-bond donors (Lipinski definition) is 1. The maximum absolute atomic E-state index is 11.2. The molecule has 3 nitrogen and oxygen atoms in total. The van der Waals surface area contributed by atoms with E-state index in [2.05, 4.69) is 48.1 Å². The maximum atomic E-state index is 11.2. The molecule has 0 radical (unpaired) electrons. The topological polar surface area (TPSA) is 34.0 Å². The predicted octanol–water partition coefficient (Wildman–Crippen LogP) is 2.51. The van der Waals surface area contributed by atoms with E-state index < -0.39 is 0 Å². The third-order valence-electron chi connectivity index (χ3n) is 3.16. The molecule has 1 aromatic heterocycles. The summed E-state index contributed by atoms with van der Waals surface area (Å²) >= 11 is 0. The van der Waals surface area contributed by atoms with Crippen molar-refractivity contribution in [3.8, 4) is 0 Å². The summed E-state index contributed by atoms with van der Waals surface area (Å²) in [4.78, 5) is 11.2. The minimum Gasteiger partial charge on any atom is -0.352 e. The van der Waals surface area contributed by atoms with Gasteiger partial charge in [-0.05, 0) is 30.7 Å². The van der Waals surface area contributed by atoms with Crippen molar-refractivity contribution in [2.75, 3.05) is 0 Å². The first-order valence-electron chi connectivity index (χ1n) is 5.93. The molecule has 17 heavy (non-hydrogen) atoms. The Labute approximate surface area is 101 Å². The standard InChI is InChI=1S/C14H18N2O/c1-4-14(17)15-9-11-5-6-13-12(8-11)7-10(2)16(13)3/h5-8H,4,9H2,1-3H3,(H,15,17). The molecule has 1 N–H and O–H groups in total. The van der Waals surface area contributed by atoms with E-state index in [1.807, 2.05) is 6.92 Å². The molecular formula is C14H18N2O. The molecule has 0 unspecified atom stereocenters. The summed E-state index contributed by atoms with van der Waals surface area (Å²) in [6, 6.07) is 8.48. The molecule has 0 fully saturated rings. The Kier molecular flexibility index (Phi) is 3.18. The van der Waals surface area contributed by atoms with Gasteiger partial charge in [0.15, 0.2) is 0 Å². The fraction of sp³-hybridized carbons (Fsp3) is 0.357. The van der Waals surface area contributed by atoms with Crippen LogP contribution in [0.25, 0.3) is 10.9 Å². The molecule has 2 aromatic rings. The van der Waals surface area contributed by atoms with Gasteiger partial charge in [-0.3, -0.25) is 4.79 Å². The van der Waals surface area contributed by atoms with Gasteiger partial charge in [0.1, 0.15) is 0 Å². The van der Waals surface area contributed by atoms with Gasteiger partial charge in [-0.25, -0.2) is 0 Å². The molecule has 1 aromatic carbocycles. The second-order valence-corrected chi connectivity index (χ2v) is 4.37. The van der Waals surface area contributed by atoms with Gasteiger partial charge in [-0.1, -0.05) is 13.0 Å². The molecule has 0 aliphatic rings. The highest BCUT2D eigenvalue weighted by molar-refractivity contribution is 5.82. The lowest BCUT2D eigenvalue weighted by Crippen LogP contribution is -2.21. The van der Waals surface area contributed by atoms with Crippen LogP contribution in [0.15, 0.2) is 24.3 Å². The van der Waals surface area contributed by atoms with Crippen molar-refractivity contribution in [2.45, 2.75) is 26.8 Å². The van der Waals surface area contributed by atoms with Crippen LogP contribution in [0.3, 0.4) is 0 Å². The van der Waals surface area contributed by atoms with Crippen molar-refractivity contribution in [1.29, 1.82) is 0 Å². The maximum Gasteiger partial charge on any atom is 0.219 e. The van der Waals surface area contributed by atoms with Crippen LogP contribution in [-0.2, 0) is 18.4 Å². The lowest BCUT2D eigenvalue weighted by molar-refractivity contribution is -0.120. The minimum atomic E-state index is 0.0920. The fourth-order valence-electron chi connectivity index (χ4n) is 1.97. The smallest absolute Gasteiger partial charge is 0.219 e. The zero-order chi connectivity index (χ0) is 12.4. The van der Waals surface area contributed by atoms with Crippen LogP contribution in [0.2, 0.25) is 0 Å². The molecular weight excluding hydrogens is 212 g/mol. The zero-order valence-electron chi connectivity index (χ0n) is 10.6. The summed E-state index contributed by atoms with van der Waals surface area (Å²) in [5.74, 6) is 0.0920. The molecule has 0 atom stereocenters. The number of aryl methyl sites for hydroxylation is 2. The Hall–Kier alpha value is -1.77. The summed E-state index contributed by atoms with van der Waals surface area (Å²) in [5.41, 5.74) is 3.62. The van der Waals surface area contributed by atoms with Gasteiger partial charge in [0, 0.05) is 36.6 Å². The van der Waals surface area contributed by atoms with Crippen LogP contribution >= 0.6 is 0 Å². The van der Waals surface area contributed by atoms with Gasteiger partial charge in [0.2, 0.25) is 5.91 Å². The molecule has 2 rings (SSSR count). The predicted molar refractivity (Wildman–Crippen MR) is 69.8 cm³/mol. The van der Waals surface area contributed by atoms with Crippen LogP contribution < -0.4 is 5.32 Å². The molecule has 0 saturated carbocycles. The van der Waals surface area contributed by atoms with E-state index in [1.54, 1.807) is 0 Å². The highest BCUT2D eigenvalue weighted by Crippen LogP contribution is 2.19. The second kappa shape index (κ2) is 4.62. The SMILES string of the molecule is CCC(=O)NCc1ccc2c(c1)cc(C)n2C. The first-order valence-corrected chi connectivity index (χ1v) is 5.93. The summed E-state index contributed by atoms with van der Waals surface area (Å²) in [7, 11) is 2.07. The number of amides is 1. The van der Waals surface area contributed by atoms with Gasteiger partial charge in [-0.2, -0.15) is 0 Å². The Bertz CT molecular complexity index is 555. The molecule has 90 valence electrons. The highest BCUT2D eigenvalue weighted by Gasteiger charge is 2.03. The van der Waals surface area contributed by atoms with Crippen LogP contribution in [0, 0.1) is 6.92 Å². The first-order chi connectivity index (χ1) is 8.11. The van der Waals surface area contributed by atoms with Gasteiger partial charge >= 0.3 is 0 Å². The third kappa shape index (κ3) is 2.33. The largest absolute Gasteiger partial charge is 0.352 e. The minimum absolute atomic E-state index is 0.0920. The average Bonchev–Trinajstić information content (AvgIpc) is 2.62. The lowest BCUT2D eigenvalue weighted by Gasteiger charge is -2.04. The van der Waals surface area contributed by atoms with E-state index in [-0.39, 0.29) is 5.91 Å². The van der Waals surface area contributed by atoms with Gasteiger partial charge < -0.3 is 9.88 Å². The Balaban J connectivity index is 2.23. The Morgan fingerprint density at radius 3 is 2.82 bits per heavy atom. The van der Waals surface area contributed by atoms with E-state index in [1.165, 1.54) is 16.6 Å². The number of hydrogen-bond acceptors (Lipinski definition) is 1. The third-order valence-corrected chi connectivity index (χ3v) is 3.16. The van der Waals surface area contributed by atoms with Crippen LogP contribution in [-0.4, -0.2) is 10.5 Å². The zero-order valence-corrected chi connectivity index (χ0v) is 10.6. The second-order valence-electron chi connectivity index (χ2n) is 4.37. The normalized spacial score (nSPS) is 10.8. The molecule has 0 aliphatic heterocycles. The summed E-state index contributed by atoms with van der Waals surface area (Å²) < 4.78 is 2.17. The van der Waals surface area contributed by atoms with Crippen molar-refractivity contribution in [3.05, 3.63) is 35.5 Å². The number of rotatable bonds is 3. The van der Waals surface area contributed by atoms with E-state index in [0.717, 1.165) is 5.56 Å². The van der Waals surface area contributed by atoms with Gasteiger partial charge in [0.05, 0.1) is 0 Å². The number of nitrogens with zero attached hydrogens (tertiary/aromatic N) is 1. The van der Waals surface area contributed by atoms with Crippen LogP contribution in [0.4, 0.5) is 0 Å². The number of nitrogens with one attached hydrogen (secondary N) is 1. The van der Waals surface area contributed by atoms with E-state index in [4.69, 9.17) is 0 Å². The molecule has 3 heteroatoms. The summed E-state index contributed by atoms with van der Waals surface area (Å²) in [6.45, 7) is 4.56. The first kappa shape index (κ1) is 11.7. The van der Waals surface area contributed by atoms with Crippen molar-refractivity contribution >= 4 is 16.8 Å². The molecule has 0 bridgehead atoms. The van der Waals surface area contributed by atoms with E-state index in [9.17, 15) is 4.79 Å². The molecule has 1 heterocycles. The van der Waals surface area contributed by atoms with Gasteiger partial charge in [0.25, 0.3) is 0 Å². The lowest BCUT2D eigenvalue weighted by atomic mass is 10.1. The monoisotopic (exact) mass is 230 g/mol. The highest BCUT2D eigenvalue weighted by atomic mass is 16.1. The number of carbonyl (C=O) groups excluding carboxylic acids is 1. The van der Waals surface area contributed by atoms with Crippen LogP contribution in [0.5, 0.6) is 0 Å². The summed E-state index contributed by atoms with van der Waals surface area (Å²) in [5, 5.41) is 4.12. The molecule has 0 aliphatic carbocycles. The average molecular weight is 230 g/mol. The number of fused-ring (bicyclic) bond motifs is 1. The Morgan fingerprint density at radius 1 is 1.35 bits per heavy atom. The quantitative estimate of drug-likeness (QED) is 0.863. The van der Waals surface area contributed by atoms with Crippen molar-refractivity contribution in [2.24, 2.45) is 7.05 Å². The van der Waals surface area contributed by atoms with E-state index >= 15 is 0 Å². The van der Waals surface area contributed by atoms with Crippen LogP contribution in [0.1, 0.15) is 24.6 Å². The molecule has 1 amide bonds. The fourth-order valence-corrected chi connectivity index (χ4v) is 1.97. The Morgan fingerprint density at radius 2 is 2.12 bits per heavy atom. The van der Waals surface area contributed by atoms with Crippen molar-refractivity contribution in [3.63, 3.8) is 0 Å². The van der Waals surface area contributed by atoms with Crippen molar-refractivity contribution in [1.82, 2.24) is 9.88 Å². The summed E-state index contributed by atoms with van der Waals surface area (Å²) in [6.07, 6.45) is 0.534. The van der Waals surface area contributed by atoms with Crippen molar-refractivity contribution < 1.29 is 4.79 Å². The molecule has 0 spiro atoms. The molecule has 0 saturated heterocycles. The van der Waals surface area contributed by atoms with Gasteiger partial charge in [-0.15, -0.1) is 0 Å².